The minimum atomic E-state index is -3.06. The first-order valence-corrected chi connectivity index (χ1v) is 12.4. The van der Waals surface area contributed by atoms with Crippen LogP contribution in [0.15, 0.2) is 48.5 Å². The average Bonchev–Trinajstić information content (AvgIpc) is 2.76. The molecule has 1 saturated heterocycles. The standard InChI is InChI=1S/C23H33N2O4P/c1-4-28-30(26,29-5-2)19-21-8-6-20(7-9-21)18-24-14-16-25(17-15-24)22-10-12-23(27-3)13-11-22/h6-13H,4-5,14-19H2,1-3H3. The maximum atomic E-state index is 12.7. The molecule has 30 heavy (non-hydrogen) atoms. The van der Waals surface area contributed by atoms with Crippen molar-refractivity contribution in [1.82, 2.24) is 4.90 Å². The van der Waals surface area contributed by atoms with Gasteiger partial charge < -0.3 is 18.7 Å². The number of rotatable bonds is 10. The first kappa shape index (κ1) is 22.8. The highest BCUT2D eigenvalue weighted by molar-refractivity contribution is 7.53. The van der Waals surface area contributed by atoms with E-state index >= 15 is 0 Å². The number of piperazine rings is 1. The number of hydrogen-bond acceptors (Lipinski definition) is 6. The van der Waals surface area contributed by atoms with Gasteiger partial charge in [-0.1, -0.05) is 24.3 Å². The molecule has 0 aliphatic carbocycles. The van der Waals surface area contributed by atoms with E-state index in [1.165, 1.54) is 11.3 Å². The van der Waals surface area contributed by atoms with Crippen LogP contribution >= 0.6 is 7.60 Å². The highest BCUT2D eigenvalue weighted by Gasteiger charge is 2.24. The Morgan fingerprint density at radius 3 is 1.93 bits per heavy atom. The van der Waals surface area contributed by atoms with Gasteiger partial charge in [0.15, 0.2) is 0 Å². The van der Waals surface area contributed by atoms with E-state index in [9.17, 15) is 4.57 Å². The smallest absolute Gasteiger partial charge is 0.335 e. The molecule has 1 aliphatic heterocycles. The first-order valence-electron chi connectivity index (χ1n) is 10.6. The molecule has 0 unspecified atom stereocenters. The van der Waals surface area contributed by atoms with Gasteiger partial charge in [0, 0.05) is 38.4 Å². The molecule has 3 rings (SSSR count). The average molecular weight is 433 g/mol. The molecule has 7 heteroatoms. The molecule has 1 fully saturated rings. The normalized spacial score (nSPS) is 15.4. The largest absolute Gasteiger partial charge is 0.497 e. The maximum absolute atomic E-state index is 12.7. The second kappa shape index (κ2) is 11.0. The van der Waals surface area contributed by atoms with Crippen LogP contribution in [-0.4, -0.2) is 51.4 Å². The van der Waals surface area contributed by atoms with E-state index in [1.807, 2.05) is 38.1 Å². The lowest BCUT2D eigenvalue weighted by molar-refractivity contribution is 0.219. The third kappa shape index (κ3) is 6.32. The summed E-state index contributed by atoms with van der Waals surface area (Å²) in [4.78, 5) is 4.89. The summed E-state index contributed by atoms with van der Waals surface area (Å²) in [5.41, 5.74) is 3.49. The van der Waals surface area contributed by atoms with Crippen molar-refractivity contribution in [1.29, 1.82) is 0 Å². The summed E-state index contributed by atoms with van der Waals surface area (Å²) in [6.45, 7) is 9.44. The number of anilines is 1. The van der Waals surface area contributed by atoms with Gasteiger partial charge in [-0.05, 0) is 49.2 Å². The fourth-order valence-corrected chi connectivity index (χ4v) is 5.41. The fraction of sp³-hybridized carbons (Fsp3) is 0.478. The highest BCUT2D eigenvalue weighted by Crippen LogP contribution is 2.51. The molecule has 164 valence electrons. The van der Waals surface area contributed by atoms with Crippen LogP contribution in [0.1, 0.15) is 25.0 Å². The van der Waals surface area contributed by atoms with Crippen LogP contribution in [-0.2, 0) is 26.3 Å². The van der Waals surface area contributed by atoms with Gasteiger partial charge in [-0.3, -0.25) is 9.46 Å². The van der Waals surface area contributed by atoms with Gasteiger partial charge in [0.2, 0.25) is 0 Å². The lowest BCUT2D eigenvalue weighted by atomic mass is 10.1. The Hall–Kier alpha value is -1.85. The molecule has 1 heterocycles. The molecule has 1 aliphatic rings. The van der Waals surface area contributed by atoms with E-state index in [0.717, 1.165) is 44.0 Å². The SMILES string of the molecule is CCOP(=O)(Cc1ccc(CN2CCN(c3ccc(OC)cc3)CC2)cc1)OCC. The molecule has 2 aromatic carbocycles. The van der Waals surface area contributed by atoms with Gasteiger partial charge in [0.1, 0.15) is 5.75 Å². The summed E-state index contributed by atoms with van der Waals surface area (Å²) >= 11 is 0. The van der Waals surface area contributed by atoms with E-state index in [2.05, 4.69) is 34.1 Å². The molecule has 0 atom stereocenters. The Bertz CT molecular complexity index is 808. The summed E-state index contributed by atoms with van der Waals surface area (Å²) in [6.07, 6.45) is 0.315. The van der Waals surface area contributed by atoms with E-state index < -0.39 is 7.60 Å². The number of nitrogens with zero attached hydrogens (tertiary/aromatic N) is 2. The Balaban J connectivity index is 1.50. The number of ether oxygens (including phenoxy) is 1. The van der Waals surface area contributed by atoms with Crippen LogP contribution in [0.5, 0.6) is 5.75 Å². The Labute approximate surface area is 180 Å². The molecule has 0 N–H and O–H groups in total. The van der Waals surface area contributed by atoms with Gasteiger partial charge >= 0.3 is 7.60 Å². The second-order valence-corrected chi connectivity index (χ2v) is 9.44. The van der Waals surface area contributed by atoms with Crippen molar-refractivity contribution in [3.8, 4) is 5.75 Å². The van der Waals surface area contributed by atoms with Crippen LogP contribution in [0.25, 0.3) is 0 Å². The molecular weight excluding hydrogens is 399 g/mol. The topological polar surface area (TPSA) is 51.2 Å². The molecule has 0 bridgehead atoms. The van der Waals surface area contributed by atoms with Gasteiger partial charge in [0.05, 0.1) is 26.5 Å². The number of methoxy groups -OCH3 is 1. The monoisotopic (exact) mass is 432 g/mol. The Morgan fingerprint density at radius 1 is 0.833 bits per heavy atom. The minimum Gasteiger partial charge on any atom is -0.497 e. The highest BCUT2D eigenvalue weighted by atomic mass is 31.2. The van der Waals surface area contributed by atoms with Crippen molar-refractivity contribution in [2.45, 2.75) is 26.6 Å². The summed E-state index contributed by atoms with van der Waals surface area (Å²) < 4.78 is 28.7. The zero-order valence-electron chi connectivity index (χ0n) is 18.3. The molecule has 0 radical (unpaired) electrons. The van der Waals surface area contributed by atoms with Crippen molar-refractivity contribution < 1.29 is 18.3 Å². The van der Waals surface area contributed by atoms with Crippen LogP contribution in [0, 0.1) is 0 Å². The first-order chi connectivity index (χ1) is 14.5. The van der Waals surface area contributed by atoms with Crippen LogP contribution in [0.2, 0.25) is 0 Å². The van der Waals surface area contributed by atoms with Crippen molar-refractivity contribution in [2.75, 3.05) is 51.4 Å². The van der Waals surface area contributed by atoms with E-state index in [1.54, 1.807) is 7.11 Å². The quantitative estimate of drug-likeness (QED) is 0.504. The zero-order valence-corrected chi connectivity index (χ0v) is 19.1. The summed E-state index contributed by atoms with van der Waals surface area (Å²) in [5.74, 6) is 0.889. The van der Waals surface area contributed by atoms with Crippen LogP contribution < -0.4 is 9.64 Å². The Kier molecular flexibility index (Phi) is 8.34. The predicted octanol–water partition coefficient (Wildman–Crippen LogP) is 4.78. The summed E-state index contributed by atoms with van der Waals surface area (Å²) in [6, 6.07) is 16.6. The number of hydrogen-bond donors (Lipinski definition) is 0. The maximum Gasteiger partial charge on any atom is 0.335 e. The molecule has 0 aromatic heterocycles. The molecule has 2 aromatic rings. The summed E-state index contributed by atoms with van der Waals surface area (Å²) in [7, 11) is -1.37. The van der Waals surface area contributed by atoms with Crippen molar-refractivity contribution >= 4 is 13.3 Å². The zero-order chi connectivity index (χ0) is 21.4. The second-order valence-electron chi connectivity index (χ2n) is 7.38. The third-order valence-corrected chi connectivity index (χ3v) is 7.32. The van der Waals surface area contributed by atoms with Gasteiger partial charge in [0.25, 0.3) is 0 Å². The van der Waals surface area contributed by atoms with Crippen molar-refractivity contribution in [3.05, 3.63) is 59.7 Å². The lowest BCUT2D eigenvalue weighted by Gasteiger charge is -2.36. The van der Waals surface area contributed by atoms with Gasteiger partial charge in [-0.2, -0.15) is 0 Å². The van der Waals surface area contributed by atoms with Gasteiger partial charge in [-0.25, -0.2) is 0 Å². The van der Waals surface area contributed by atoms with E-state index in [4.69, 9.17) is 13.8 Å². The predicted molar refractivity (Wildman–Crippen MR) is 121 cm³/mol. The van der Waals surface area contributed by atoms with Crippen molar-refractivity contribution in [3.63, 3.8) is 0 Å². The van der Waals surface area contributed by atoms with E-state index in [0.29, 0.717) is 19.4 Å². The van der Waals surface area contributed by atoms with E-state index in [-0.39, 0.29) is 0 Å². The molecule has 0 saturated carbocycles. The third-order valence-electron chi connectivity index (χ3n) is 5.27. The Morgan fingerprint density at radius 2 is 1.40 bits per heavy atom. The number of benzene rings is 2. The molecule has 6 nitrogen and oxygen atoms in total. The lowest BCUT2D eigenvalue weighted by Crippen LogP contribution is -2.45. The molecule has 0 spiro atoms. The van der Waals surface area contributed by atoms with Crippen molar-refractivity contribution in [2.24, 2.45) is 0 Å². The van der Waals surface area contributed by atoms with Crippen LogP contribution in [0.4, 0.5) is 5.69 Å². The van der Waals surface area contributed by atoms with Gasteiger partial charge in [-0.15, -0.1) is 0 Å². The summed E-state index contributed by atoms with van der Waals surface area (Å²) in [5, 5.41) is 0. The fourth-order valence-electron chi connectivity index (χ4n) is 3.71. The van der Waals surface area contributed by atoms with Crippen LogP contribution in [0.3, 0.4) is 0 Å². The minimum absolute atomic E-state index is 0.315. The molecular formula is C23H33N2O4P. The molecule has 0 amide bonds.